The predicted octanol–water partition coefficient (Wildman–Crippen LogP) is 1.13. The fourth-order valence-corrected chi connectivity index (χ4v) is 1.60. The minimum atomic E-state index is -0.732. The van der Waals surface area contributed by atoms with Gasteiger partial charge in [-0.2, -0.15) is 0 Å². The molecule has 0 heterocycles. The molecule has 0 aliphatic heterocycles. The number of amides is 3. The van der Waals surface area contributed by atoms with E-state index in [-0.39, 0.29) is 18.4 Å². The molecule has 0 aromatic carbocycles. The second kappa shape index (κ2) is 8.60. The fraction of sp³-hybridized carbons (Fsp3) is 0.800. The average molecular weight is 315 g/mol. The van der Waals surface area contributed by atoms with Crippen LogP contribution in [0.3, 0.4) is 0 Å². The van der Waals surface area contributed by atoms with Crippen LogP contribution in [0.5, 0.6) is 0 Å². The van der Waals surface area contributed by atoms with Gasteiger partial charge in [-0.25, -0.2) is 4.79 Å². The van der Waals surface area contributed by atoms with E-state index in [4.69, 9.17) is 4.74 Å². The van der Waals surface area contributed by atoms with Crippen molar-refractivity contribution in [3.8, 4) is 0 Å². The first-order chi connectivity index (χ1) is 9.92. The van der Waals surface area contributed by atoms with Crippen molar-refractivity contribution in [1.82, 2.24) is 15.5 Å². The Hall–Kier alpha value is -1.79. The Bertz CT molecular complexity index is 400. The molecule has 7 nitrogen and oxygen atoms in total. The van der Waals surface area contributed by atoms with Crippen LogP contribution in [0.4, 0.5) is 4.79 Å². The Labute approximate surface area is 132 Å². The molecule has 7 heteroatoms. The van der Waals surface area contributed by atoms with Gasteiger partial charge in [0.2, 0.25) is 11.8 Å². The summed E-state index contributed by atoms with van der Waals surface area (Å²) in [7, 11) is 3.22. The largest absolute Gasteiger partial charge is 0.444 e. The number of alkyl carbamates (subject to hydrolysis) is 1. The Morgan fingerprint density at radius 1 is 1.14 bits per heavy atom. The molecule has 0 bridgehead atoms. The molecule has 0 rings (SSSR count). The molecule has 2 N–H and O–H groups in total. The molecule has 3 amide bonds. The van der Waals surface area contributed by atoms with Crippen molar-refractivity contribution in [2.24, 2.45) is 5.92 Å². The van der Waals surface area contributed by atoms with Crippen molar-refractivity contribution in [1.29, 1.82) is 0 Å². The molecule has 22 heavy (non-hydrogen) atoms. The van der Waals surface area contributed by atoms with Crippen molar-refractivity contribution in [3.63, 3.8) is 0 Å². The molecule has 0 radical (unpaired) electrons. The van der Waals surface area contributed by atoms with Crippen LogP contribution in [0.15, 0.2) is 0 Å². The van der Waals surface area contributed by atoms with Crippen LogP contribution in [0.25, 0.3) is 0 Å². The topological polar surface area (TPSA) is 87.7 Å². The van der Waals surface area contributed by atoms with Gasteiger partial charge in [-0.05, 0) is 33.1 Å². The maximum Gasteiger partial charge on any atom is 0.408 e. The highest BCUT2D eigenvalue weighted by Crippen LogP contribution is 2.09. The van der Waals surface area contributed by atoms with Gasteiger partial charge < -0.3 is 20.3 Å². The van der Waals surface area contributed by atoms with Gasteiger partial charge in [-0.15, -0.1) is 0 Å². The molecule has 0 aromatic rings. The van der Waals surface area contributed by atoms with Crippen molar-refractivity contribution in [2.45, 2.75) is 52.7 Å². The number of nitrogens with zero attached hydrogens (tertiary/aromatic N) is 1. The first-order valence-corrected chi connectivity index (χ1v) is 7.39. The number of hydrogen-bond donors (Lipinski definition) is 2. The highest BCUT2D eigenvalue weighted by atomic mass is 16.6. The molecular weight excluding hydrogens is 286 g/mol. The van der Waals surface area contributed by atoms with Crippen LogP contribution in [-0.2, 0) is 14.3 Å². The third-order valence-corrected chi connectivity index (χ3v) is 2.63. The second-order valence-corrected chi connectivity index (χ2v) is 6.83. The Morgan fingerprint density at radius 3 is 2.09 bits per heavy atom. The Balaban J connectivity index is 4.65. The molecule has 1 unspecified atom stereocenters. The summed E-state index contributed by atoms with van der Waals surface area (Å²) in [6.45, 7) is 9.04. The van der Waals surface area contributed by atoms with Crippen LogP contribution in [0.1, 0.15) is 41.0 Å². The van der Waals surface area contributed by atoms with Gasteiger partial charge in [-0.3, -0.25) is 9.59 Å². The van der Waals surface area contributed by atoms with E-state index < -0.39 is 23.6 Å². The molecule has 0 saturated heterocycles. The van der Waals surface area contributed by atoms with Crippen LogP contribution in [0.2, 0.25) is 0 Å². The number of carbonyl (C=O) groups is 3. The molecular formula is C15H29N3O4. The van der Waals surface area contributed by atoms with Gasteiger partial charge >= 0.3 is 6.09 Å². The Kier molecular flexibility index (Phi) is 7.90. The normalized spacial score (nSPS) is 12.5. The predicted molar refractivity (Wildman–Crippen MR) is 84.3 cm³/mol. The number of nitrogens with one attached hydrogen (secondary N) is 2. The maximum absolute atomic E-state index is 12.2. The molecule has 0 aliphatic rings. The number of ether oxygens (including phenoxy) is 1. The van der Waals surface area contributed by atoms with Crippen molar-refractivity contribution >= 4 is 17.9 Å². The van der Waals surface area contributed by atoms with E-state index in [0.717, 1.165) is 0 Å². The zero-order chi connectivity index (χ0) is 17.5. The number of rotatable bonds is 6. The van der Waals surface area contributed by atoms with E-state index >= 15 is 0 Å². The zero-order valence-electron chi connectivity index (χ0n) is 14.6. The van der Waals surface area contributed by atoms with E-state index in [9.17, 15) is 14.4 Å². The van der Waals surface area contributed by atoms with Gasteiger partial charge in [0.25, 0.3) is 0 Å². The average Bonchev–Trinajstić information content (AvgIpc) is 2.31. The molecule has 128 valence electrons. The van der Waals surface area contributed by atoms with Crippen LogP contribution >= 0.6 is 0 Å². The quantitative estimate of drug-likeness (QED) is 0.769. The summed E-state index contributed by atoms with van der Waals surface area (Å²) >= 11 is 0. The number of carbonyl (C=O) groups excluding carboxylic acids is 3. The van der Waals surface area contributed by atoms with Crippen LogP contribution in [0, 0.1) is 5.92 Å². The minimum absolute atomic E-state index is 0.101. The van der Waals surface area contributed by atoms with E-state index in [1.807, 2.05) is 13.8 Å². The molecule has 0 aliphatic carbocycles. The lowest BCUT2D eigenvalue weighted by atomic mass is 10.0. The number of likely N-dealkylation sites (N-methyl/N-ethyl adjacent to an activating group) is 1. The lowest BCUT2D eigenvalue weighted by Crippen LogP contribution is -2.50. The van der Waals surface area contributed by atoms with E-state index in [0.29, 0.717) is 6.42 Å². The monoisotopic (exact) mass is 315 g/mol. The van der Waals surface area contributed by atoms with Crippen molar-refractivity contribution in [2.75, 3.05) is 20.6 Å². The van der Waals surface area contributed by atoms with Gasteiger partial charge in [-0.1, -0.05) is 13.8 Å². The lowest BCUT2D eigenvalue weighted by Gasteiger charge is -2.24. The highest BCUT2D eigenvalue weighted by molar-refractivity contribution is 5.89. The van der Waals surface area contributed by atoms with Gasteiger partial charge in [0.05, 0.1) is 6.54 Å². The van der Waals surface area contributed by atoms with E-state index in [1.165, 1.54) is 4.90 Å². The third kappa shape index (κ3) is 9.20. The van der Waals surface area contributed by atoms with Gasteiger partial charge in [0.1, 0.15) is 11.6 Å². The third-order valence-electron chi connectivity index (χ3n) is 2.63. The summed E-state index contributed by atoms with van der Waals surface area (Å²) in [5.74, 6) is -0.404. The second-order valence-electron chi connectivity index (χ2n) is 6.83. The molecule has 0 saturated carbocycles. The van der Waals surface area contributed by atoms with Crippen molar-refractivity contribution in [3.05, 3.63) is 0 Å². The summed E-state index contributed by atoms with van der Waals surface area (Å²) in [4.78, 5) is 36.9. The number of hydrogen-bond acceptors (Lipinski definition) is 4. The molecule has 1 atom stereocenters. The zero-order valence-corrected chi connectivity index (χ0v) is 14.6. The molecule has 0 fully saturated rings. The lowest BCUT2D eigenvalue weighted by molar-refractivity contribution is -0.131. The smallest absolute Gasteiger partial charge is 0.408 e. The first-order valence-electron chi connectivity index (χ1n) is 7.39. The van der Waals surface area contributed by atoms with Crippen LogP contribution < -0.4 is 10.6 Å². The Morgan fingerprint density at radius 2 is 1.68 bits per heavy atom. The summed E-state index contributed by atoms with van der Waals surface area (Å²) in [5, 5.41) is 5.10. The molecule has 0 spiro atoms. The van der Waals surface area contributed by atoms with Crippen molar-refractivity contribution < 1.29 is 19.1 Å². The highest BCUT2D eigenvalue weighted by Gasteiger charge is 2.25. The first kappa shape index (κ1) is 20.2. The standard InChI is InChI=1S/C15H29N3O4/c1-10(2)8-11(17-14(21)22-15(3,4)5)13(20)16-9-12(19)18(6)7/h10-11H,8-9H2,1-7H3,(H,16,20)(H,17,21). The minimum Gasteiger partial charge on any atom is -0.444 e. The van der Waals surface area contributed by atoms with Gasteiger partial charge in [0.15, 0.2) is 0 Å². The maximum atomic E-state index is 12.2. The van der Waals surface area contributed by atoms with Gasteiger partial charge in [0, 0.05) is 14.1 Å². The summed E-state index contributed by atoms with van der Waals surface area (Å²) < 4.78 is 5.16. The summed E-state index contributed by atoms with van der Waals surface area (Å²) in [5.41, 5.74) is -0.635. The summed E-state index contributed by atoms with van der Waals surface area (Å²) in [6, 6.07) is -0.732. The SMILES string of the molecule is CC(C)CC(NC(=O)OC(C)(C)C)C(=O)NCC(=O)N(C)C. The molecule has 0 aromatic heterocycles. The van der Waals surface area contributed by atoms with E-state index in [2.05, 4.69) is 10.6 Å². The fourth-order valence-electron chi connectivity index (χ4n) is 1.60. The van der Waals surface area contributed by atoms with E-state index in [1.54, 1.807) is 34.9 Å². The summed E-state index contributed by atoms with van der Waals surface area (Å²) in [6.07, 6.45) is -0.187. The van der Waals surface area contributed by atoms with Crippen LogP contribution in [-0.4, -0.2) is 55.1 Å².